The van der Waals surface area contributed by atoms with Gasteiger partial charge in [-0.15, -0.1) is 0 Å². The molecule has 1 fully saturated rings. The Morgan fingerprint density at radius 2 is 2.09 bits per heavy atom. The molecule has 0 bridgehead atoms. The van der Waals surface area contributed by atoms with E-state index in [-0.39, 0.29) is 5.43 Å². The summed E-state index contributed by atoms with van der Waals surface area (Å²) in [5.41, 5.74) is 8.69. The smallest absolute Gasteiger partial charge is 0.232 e. The fourth-order valence-corrected chi connectivity index (χ4v) is 3.00. The maximum atomic E-state index is 12.8. The fraction of sp³-hybridized carbons (Fsp3) is 0.222. The van der Waals surface area contributed by atoms with Crippen molar-refractivity contribution >= 4 is 34.0 Å². The number of hydrogen-bond acceptors (Lipinski definition) is 4. The Bertz CT molecular complexity index is 968. The van der Waals surface area contributed by atoms with Crippen LogP contribution in [0.2, 0.25) is 0 Å². The topological polar surface area (TPSA) is 69.1 Å². The molecule has 2 N–H and O–H groups in total. The molecular formula is C18H16N2O2. The minimum absolute atomic E-state index is 0.0620. The molecule has 0 atom stereocenters. The van der Waals surface area contributed by atoms with Crippen molar-refractivity contribution in [1.29, 1.82) is 0 Å². The van der Waals surface area contributed by atoms with Crippen molar-refractivity contribution in [3.63, 3.8) is 0 Å². The highest BCUT2D eigenvalue weighted by atomic mass is 16.3. The van der Waals surface area contributed by atoms with E-state index in [4.69, 9.17) is 10.2 Å². The molecule has 0 spiro atoms. The van der Waals surface area contributed by atoms with E-state index in [2.05, 4.69) is 11.6 Å². The molecule has 2 heterocycles. The standard InChI is InChI=1S/C18H16N2O2/c1-2-10-6-7-15-13(8-10)16(21)14-9-12(11-4-3-5-11)17(19)20-18(14)22-15/h2,6-9,11H,1,3-5H2,(H2,19,20). The van der Waals surface area contributed by atoms with Crippen LogP contribution in [-0.2, 0) is 0 Å². The van der Waals surface area contributed by atoms with Gasteiger partial charge in [0, 0.05) is 0 Å². The highest BCUT2D eigenvalue weighted by Crippen LogP contribution is 2.39. The van der Waals surface area contributed by atoms with Gasteiger partial charge in [-0.1, -0.05) is 25.1 Å². The number of hydrogen-bond donors (Lipinski definition) is 1. The van der Waals surface area contributed by atoms with Crippen molar-refractivity contribution < 1.29 is 4.42 Å². The second kappa shape index (κ2) is 4.70. The summed E-state index contributed by atoms with van der Waals surface area (Å²) in [5, 5.41) is 1.06. The van der Waals surface area contributed by atoms with E-state index in [0.29, 0.717) is 33.8 Å². The van der Waals surface area contributed by atoms with Crippen LogP contribution in [0.3, 0.4) is 0 Å². The summed E-state index contributed by atoms with van der Waals surface area (Å²) in [6.07, 6.45) is 5.13. The first-order chi connectivity index (χ1) is 10.7. The minimum atomic E-state index is -0.0620. The van der Waals surface area contributed by atoms with Gasteiger partial charge < -0.3 is 10.2 Å². The Labute approximate surface area is 127 Å². The molecule has 1 aliphatic carbocycles. The van der Waals surface area contributed by atoms with Crippen molar-refractivity contribution in [2.45, 2.75) is 25.2 Å². The van der Waals surface area contributed by atoms with Gasteiger partial charge in [0.05, 0.1) is 10.8 Å². The van der Waals surface area contributed by atoms with Crippen LogP contribution in [0, 0.1) is 0 Å². The Kier molecular flexibility index (Phi) is 2.79. The first-order valence-corrected chi connectivity index (χ1v) is 7.47. The third-order valence-corrected chi connectivity index (χ3v) is 4.53. The third kappa shape index (κ3) is 1.84. The molecule has 3 aromatic rings. The van der Waals surface area contributed by atoms with Crippen LogP contribution in [-0.4, -0.2) is 4.98 Å². The summed E-state index contributed by atoms with van der Waals surface area (Å²) in [7, 11) is 0. The molecular weight excluding hydrogens is 276 g/mol. The highest BCUT2D eigenvalue weighted by Gasteiger charge is 2.24. The van der Waals surface area contributed by atoms with Crippen LogP contribution in [0.15, 0.2) is 40.1 Å². The zero-order valence-corrected chi connectivity index (χ0v) is 12.1. The van der Waals surface area contributed by atoms with Crippen molar-refractivity contribution in [2.75, 3.05) is 5.73 Å². The van der Waals surface area contributed by atoms with E-state index in [1.165, 1.54) is 6.42 Å². The van der Waals surface area contributed by atoms with Crippen LogP contribution < -0.4 is 11.2 Å². The average molecular weight is 292 g/mol. The molecule has 110 valence electrons. The average Bonchev–Trinajstić information content (AvgIpc) is 2.47. The maximum absolute atomic E-state index is 12.8. The first kappa shape index (κ1) is 13.1. The minimum Gasteiger partial charge on any atom is -0.437 e. The molecule has 2 aromatic heterocycles. The Morgan fingerprint density at radius 1 is 1.27 bits per heavy atom. The lowest BCUT2D eigenvalue weighted by Gasteiger charge is -2.26. The van der Waals surface area contributed by atoms with Crippen LogP contribution >= 0.6 is 0 Å². The number of nitrogen functional groups attached to an aromatic ring is 1. The maximum Gasteiger partial charge on any atom is 0.232 e. The van der Waals surface area contributed by atoms with Crippen LogP contribution in [0.5, 0.6) is 0 Å². The number of nitrogens with zero attached hydrogens (tertiary/aromatic N) is 1. The lowest BCUT2D eigenvalue weighted by atomic mass is 9.80. The summed E-state index contributed by atoms with van der Waals surface area (Å²) in [6.45, 7) is 3.74. The number of rotatable bonds is 2. The van der Waals surface area contributed by atoms with Crippen molar-refractivity contribution in [3.8, 4) is 0 Å². The lowest BCUT2D eigenvalue weighted by molar-refractivity contribution is 0.420. The van der Waals surface area contributed by atoms with Crippen LogP contribution in [0.1, 0.15) is 36.3 Å². The summed E-state index contributed by atoms with van der Waals surface area (Å²) >= 11 is 0. The van der Waals surface area contributed by atoms with E-state index in [1.54, 1.807) is 18.2 Å². The van der Waals surface area contributed by atoms with Gasteiger partial charge in [0.25, 0.3) is 0 Å². The predicted molar refractivity (Wildman–Crippen MR) is 88.9 cm³/mol. The summed E-state index contributed by atoms with van der Waals surface area (Å²) in [6, 6.07) is 7.29. The molecule has 4 rings (SSSR count). The molecule has 1 aromatic carbocycles. The van der Waals surface area contributed by atoms with Gasteiger partial charge in [0.1, 0.15) is 11.4 Å². The molecule has 1 saturated carbocycles. The van der Waals surface area contributed by atoms with E-state index in [9.17, 15) is 4.79 Å². The quantitative estimate of drug-likeness (QED) is 0.729. The fourth-order valence-electron chi connectivity index (χ4n) is 3.00. The largest absolute Gasteiger partial charge is 0.437 e. The molecule has 4 heteroatoms. The molecule has 0 saturated heterocycles. The number of nitrogens with two attached hydrogens (primary N) is 1. The summed E-state index contributed by atoms with van der Waals surface area (Å²) in [4.78, 5) is 17.1. The summed E-state index contributed by atoms with van der Waals surface area (Å²) in [5.74, 6) is 0.897. The molecule has 1 aliphatic rings. The number of anilines is 1. The Balaban J connectivity index is 2.05. The van der Waals surface area contributed by atoms with E-state index >= 15 is 0 Å². The predicted octanol–water partition coefficient (Wildman–Crippen LogP) is 3.83. The van der Waals surface area contributed by atoms with Gasteiger partial charge >= 0.3 is 0 Å². The van der Waals surface area contributed by atoms with Gasteiger partial charge in [-0.3, -0.25) is 4.79 Å². The van der Waals surface area contributed by atoms with Gasteiger partial charge in [0.2, 0.25) is 11.1 Å². The zero-order chi connectivity index (χ0) is 15.3. The number of fused-ring (bicyclic) bond motifs is 2. The Morgan fingerprint density at radius 3 is 2.77 bits per heavy atom. The van der Waals surface area contributed by atoms with E-state index < -0.39 is 0 Å². The van der Waals surface area contributed by atoms with Gasteiger partial charge in [-0.2, -0.15) is 4.98 Å². The highest BCUT2D eigenvalue weighted by molar-refractivity contribution is 5.90. The van der Waals surface area contributed by atoms with Crippen molar-refractivity contribution in [3.05, 3.63) is 52.2 Å². The van der Waals surface area contributed by atoms with Crippen LogP contribution in [0.25, 0.3) is 28.1 Å². The van der Waals surface area contributed by atoms with Crippen LogP contribution in [0.4, 0.5) is 5.82 Å². The molecule has 0 amide bonds. The SMILES string of the molecule is C=Cc1ccc2oc3nc(N)c(C4CCC4)cc3c(=O)c2c1. The number of aromatic nitrogens is 1. The zero-order valence-electron chi connectivity index (χ0n) is 12.1. The number of pyridine rings is 1. The number of benzene rings is 1. The monoisotopic (exact) mass is 292 g/mol. The normalized spacial score (nSPS) is 15.1. The molecule has 0 unspecified atom stereocenters. The second-order valence-electron chi connectivity index (χ2n) is 5.83. The van der Waals surface area contributed by atoms with Gasteiger partial charge in [-0.05, 0) is 48.1 Å². The van der Waals surface area contributed by atoms with Gasteiger partial charge in [-0.25, -0.2) is 0 Å². The van der Waals surface area contributed by atoms with Crippen molar-refractivity contribution in [1.82, 2.24) is 4.98 Å². The lowest BCUT2D eigenvalue weighted by Crippen LogP contribution is -2.14. The van der Waals surface area contributed by atoms with E-state index in [1.807, 2.05) is 12.1 Å². The van der Waals surface area contributed by atoms with Gasteiger partial charge in [0.15, 0.2) is 0 Å². The Hall–Kier alpha value is -2.62. The molecule has 4 nitrogen and oxygen atoms in total. The first-order valence-electron chi connectivity index (χ1n) is 7.47. The molecule has 0 radical (unpaired) electrons. The molecule has 22 heavy (non-hydrogen) atoms. The summed E-state index contributed by atoms with van der Waals surface area (Å²) < 4.78 is 5.77. The van der Waals surface area contributed by atoms with Crippen molar-refractivity contribution in [2.24, 2.45) is 0 Å². The molecule has 0 aliphatic heterocycles. The van der Waals surface area contributed by atoms with E-state index in [0.717, 1.165) is 24.0 Å². The second-order valence-corrected chi connectivity index (χ2v) is 5.83. The third-order valence-electron chi connectivity index (χ3n) is 4.53.